The van der Waals surface area contributed by atoms with Crippen molar-refractivity contribution in [1.29, 1.82) is 0 Å². The highest BCUT2D eigenvalue weighted by molar-refractivity contribution is 7.09. The van der Waals surface area contributed by atoms with Crippen molar-refractivity contribution < 1.29 is 33.3 Å². The van der Waals surface area contributed by atoms with Crippen LogP contribution in [0.4, 0.5) is 8.78 Å². The molecule has 0 saturated carbocycles. The maximum Gasteiger partial charge on any atom is 0.309 e. The van der Waals surface area contributed by atoms with Gasteiger partial charge in [0.25, 0.3) is 0 Å². The van der Waals surface area contributed by atoms with E-state index in [4.69, 9.17) is 4.74 Å². The lowest BCUT2D eigenvalue weighted by atomic mass is 9.73. The van der Waals surface area contributed by atoms with Gasteiger partial charge in [-0.05, 0) is 44.8 Å². The molecule has 7 atom stereocenters. The van der Waals surface area contributed by atoms with Gasteiger partial charge in [-0.2, -0.15) is 0 Å². The van der Waals surface area contributed by atoms with Crippen molar-refractivity contribution in [3.63, 3.8) is 0 Å². The zero-order valence-corrected chi connectivity index (χ0v) is 23.6. The molecule has 1 aliphatic rings. The quantitative estimate of drug-likeness (QED) is 0.376. The van der Waals surface area contributed by atoms with Gasteiger partial charge in [0.15, 0.2) is 0 Å². The van der Waals surface area contributed by atoms with E-state index in [0.29, 0.717) is 11.1 Å². The molecule has 0 fully saturated rings. The van der Waals surface area contributed by atoms with Crippen LogP contribution in [-0.4, -0.2) is 57.6 Å². The van der Waals surface area contributed by atoms with Crippen molar-refractivity contribution in [1.82, 2.24) is 4.98 Å². The number of aryl methyl sites for hydroxylation is 1. The number of esters is 1. The molecule has 2 rings (SSSR count). The van der Waals surface area contributed by atoms with Gasteiger partial charge in [-0.1, -0.05) is 39.3 Å². The number of cyclic esters (lactones) is 1. The molecule has 2 unspecified atom stereocenters. The van der Waals surface area contributed by atoms with Crippen molar-refractivity contribution in [2.24, 2.45) is 17.3 Å². The van der Waals surface area contributed by atoms with Crippen LogP contribution in [0, 0.1) is 24.2 Å². The zero-order valence-electron chi connectivity index (χ0n) is 22.8. The lowest BCUT2D eigenvalue weighted by molar-refractivity contribution is -0.154. The molecule has 1 aliphatic heterocycles. The van der Waals surface area contributed by atoms with Gasteiger partial charge >= 0.3 is 5.97 Å². The van der Waals surface area contributed by atoms with Crippen LogP contribution in [0.2, 0.25) is 0 Å². The van der Waals surface area contributed by atoms with Gasteiger partial charge in [0.2, 0.25) is 0 Å². The topological polar surface area (TPSA) is 96.7 Å². The number of ketones is 1. The maximum atomic E-state index is 14.8. The summed E-state index contributed by atoms with van der Waals surface area (Å²) < 4.78 is 35.2. The molecule has 0 aliphatic carbocycles. The van der Waals surface area contributed by atoms with Crippen LogP contribution in [-0.2, 0) is 14.3 Å². The molecule has 0 amide bonds. The summed E-state index contributed by atoms with van der Waals surface area (Å²) in [5.74, 6) is -2.79. The zero-order chi connectivity index (χ0) is 28.1. The first-order chi connectivity index (χ1) is 17.1. The van der Waals surface area contributed by atoms with E-state index in [1.807, 2.05) is 12.3 Å². The Morgan fingerprint density at radius 2 is 1.81 bits per heavy atom. The number of nitrogens with zero attached hydrogens (tertiary/aromatic N) is 1. The van der Waals surface area contributed by atoms with Crippen molar-refractivity contribution in [2.75, 3.05) is 0 Å². The van der Waals surface area contributed by atoms with Gasteiger partial charge in [-0.25, -0.2) is 13.8 Å². The van der Waals surface area contributed by atoms with Gasteiger partial charge < -0.3 is 14.9 Å². The van der Waals surface area contributed by atoms with Crippen LogP contribution in [0.25, 0.3) is 6.08 Å². The molecule has 37 heavy (non-hydrogen) atoms. The first-order valence-electron chi connectivity index (χ1n) is 12.8. The number of ether oxygens (including phenoxy) is 1. The molecule has 0 saturated heterocycles. The van der Waals surface area contributed by atoms with Crippen LogP contribution in [0.5, 0.6) is 0 Å². The normalized spacial score (nSPS) is 33.4. The van der Waals surface area contributed by atoms with Crippen LogP contribution in [0.3, 0.4) is 0 Å². The Labute approximate surface area is 222 Å². The van der Waals surface area contributed by atoms with E-state index in [0.717, 1.165) is 10.7 Å². The van der Waals surface area contributed by atoms with Crippen molar-refractivity contribution in [3.05, 3.63) is 33.3 Å². The molecular formula is C28H41F2NO5S. The predicted octanol–water partition coefficient (Wildman–Crippen LogP) is 5.55. The van der Waals surface area contributed by atoms with Gasteiger partial charge in [0.1, 0.15) is 24.2 Å². The molecule has 0 spiro atoms. The minimum atomic E-state index is -1.81. The van der Waals surface area contributed by atoms with Crippen LogP contribution >= 0.6 is 11.3 Å². The monoisotopic (exact) mass is 541 g/mol. The molecule has 1 aromatic rings. The Morgan fingerprint density at radius 1 is 1.16 bits per heavy atom. The van der Waals surface area contributed by atoms with E-state index in [2.05, 4.69) is 4.98 Å². The Bertz CT molecular complexity index is 1000. The van der Waals surface area contributed by atoms with Crippen molar-refractivity contribution in [3.8, 4) is 0 Å². The van der Waals surface area contributed by atoms with E-state index in [9.17, 15) is 28.6 Å². The second-order valence-corrected chi connectivity index (χ2v) is 12.0. The number of allylic oxidation sites excluding steroid dienone is 1. The lowest BCUT2D eigenvalue weighted by Crippen LogP contribution is -2.46. The third-order valence-electron chi connectivity index (χ3n) is 7.32. The number of rotatable bonds is 2. The number of aliphatic hydroxyl groups excluding tert-OH is 2. The van der Waals surface area contributed by atoms with E-state index in [-0.39, 0.29) is 19.3 Å². The second-order valence-electron chi connectivity index (χ2n) is 11.0. The van der Waals surface area contributed by atoms with E-state index in [1.165, 1.54) is 32.1 Å². The second kappa shape index (κ2) is 13.2. The molecule has 1 aromatic heterocycles. The Hall–Kier alpha value is -1.97. The number of halogens is 2. The van der Waals surface area contributed by atoms with Crippen LogP contribution in [0.1, 0.15) is 77.9 Å². The summed E-state index contributed by atoms with van der Waals surface area (Å²) in [5.41, 5.74) is 0.657. The number of Topliss-reactive ketones (excluding diaryl/α,β-unsaturated/α-hetero) is 1. The van der Waals surface area contributed by atoms with E-state index >= 15 is 0 Å². The number of aromatic nitrogens is 1. The predicted molar refractivity (Wildman–Crippen MR) is 142 cm³/mol. The van der Waals surface area contributed by atoms with Crippen molar-refractivity contribution >= 4 is 29.2 Å². The first kappa shape index (κ1) is 31.2. The van der Waals surface area contributed by atoms with E-state index in [1.54, 1.807) is 32.9 Å². The molecule has 0 radical (unpaired) electrons. The van der Waals surface area contributed by atoms with Gasteiger partial charge in [-0.15, -0.1) is 11.3 Å². The summed E-state index contributed by atoms with van der Waals surface area (Å²) >= 11 is 1.49. The summed E-state index contributed by atoms with van der Waals surface area (Å²) in [6.07, 6.45) is -3.93. The van der Waals surface area contributed by atoms with Crippen LogP contribution < -0.4 is 0 Å². The average molecular weight is 542 g/mol. The van der Waals surface area contributed by atoms with Crippen LogP contribution in [0.15, 0.2) is 22.6 Å². The first-order valence-corrected chi connectivity index (χ1v) is 13.6. The molecule has 2 N–H and O–H groups in total. The largest absolute Gasteiger partial charge is 0.457 e. The number of aliphatic hydroxyl groups is 2. The fraction of sp³-hybridized carbons (Fsp3) is 0.679. The molecule has 2 heterocycles. The SMILES string of the molecule is CC1=CC[C@@H](C(C)=Cc2csc(C)n2)OC(=O)C[C@H](O)C(C)(C)C(=O)[C@H](C)[C@@H](O)[C@@H](C)CC(F)C(F)C1. The molecular weight excluding hydrogens is 500 g/mol. The van der Waals surface area contributed by atoms with Gasteiger partial charge in [0, 0.05) is 24.1 Å². The molecule has 9 heteroatoms. The van der Waals surface area contributed by atoms with Gasteiger partial charge in [-0.3, -0.25) is 9.59 Å². The number of alkyl halides is 2. The minimum absolute atomic E-state index is 0.140. The number of hydrogen-bond acceptors (Lipinski definition) is 7. The summed E-state index contributed by atoms with van der Waals surface area (Å²) in [4.78, 5) is 30.5. The Balaban J connectivity index is 2.40. The smallest absolute Gasteiger partial charge is 0.309 e. The van der Waals surface area contributed by atoms with E-state index < -0.39 is 66.1 Å². The molecule has 0 bridgehead atoms. The minimum Gasteiger partial charge on any atom is -0.457 e. The highest BCUT2D eigenvalue weighted by atomic mass is 32.1. The van der Waals surface area contributed by atoms with Crippen molar-refractivity contribution in [2.45, 2.75) is 105 Å². The third kappa shape index (κ3) is 8.52. The lowest BCUT2D eigenvalue weighted by Gasteiger charge is -2.34. The molecule has 6 nitrogen and oxygen atoms in total. The highest BCUT2D eigenvalue weighted by Crippen LogP contribution is 2.33. The summed E-state index contributed by atoms with van der Waals surface area (Å²) in [5, 5.41) is 24.3. The maximum absolute atomic E-state index is 14.8. The summed E-state index contributed by atoms with van der Waals surface area (Å²) in [6, 6.07) is 0. The summed E-state index contributed by atoms with van der Waals surface area (Å²) in [7, 11) is 0. The number of thiazole rings is 1. The Kier molecular flexibility index (Phi) is 11.1. The number of carbonyl (C=O) groups excluding carboxylic acids is 2. The fourth-order valence-electron chi connectivity index (χ4n) is 4.59. The molecule has 208 valence electrons. The average Bonchev–Trinajstić information content (AvgIpc) is 3.23. The standard InChI is InChI=1S/C28H41F2NO5S/c1-15-8-9-23(16(2)11-20-14-37-19(5)31-20)36-25(33)13-24(32)28(6,7)27(35)18(4)26(34)17(3)12-22(30)21(29)10-15/h8,11,14,17-18,21-24,26,32,34H,9-10,12-13H2,1-7H3/t17-,18+,21?,22?,23-,24-,26-/m0/s1. The number of hydrogen-bond donors (Lipinski definition) is 2. The fourth-order valence-corrected chi connectivity index (χ4v) is 5.16. The third-order valence-corrected chi connectivity index (χ3v) is 8.11. The highest BCUT2D eigenvalue weighted by Gasteiger charge is 2.43. The molecule has 0 aromatic carbocycles. The number of carbonyl (C=O) groups is 2. The van der Waals surface area contributed by atoms with Gasteiger partial charge in [0.05, 0.1) is 34.7 Å². The Morgan fingerprint density at radius 3 is 2.41 bits per heavy atom. The summed E-state index contributed by atoms with van der Waals surface area (Å²) in [6.45, 7) is 11.5.